The Balaban J connectivity index is 1.40. The fraction of sp³-hybridized carbons (Fsp3) is 0.562. The van der Waals surface area contributed by atoms with Crippen molar-refractivity contribution in [3.05, 3.63) is 30.1 Å². The Hall–Kier alpha value is -1.63. The first-order valence-electron chi connectivity index (χ1n) is 8.12. The van der Waals surface area contributed by atoms with Crippen LogP contribution in [0, 0.1) is 5.82 Å². The van der Waals surface area contributed by atoms with Crippen LogP contribution >= 0.6 is 11.8 Å². The summed E-state index contributed by atoms with van der Waals surface area (Å²) in [7, 11) is 0. The molecule has 1 saturated carbocycles. The summed E-state index contributed by atoms with van der Waals surface area (Å²) < 4.78 is 20.4. The maximum Gasteiger partial charge on any atom is 0.209 e. The molecule has 5 nitrogen and oxygen atoms in total. The van der Waals surface area contributed by atoms with Crippen molar-refractivity contribution in [1.82, 2.24) is 20.2 Å². The van der Waals surface area contributed by atoms with Crippen molar-refractivity contribution in [2.75, 3.05) is 12.4 Å². The number of nitrogens with zero attached hydrogens (tertiary/aromatic N) is 4. The highest BCUT2D eigenvalue weighted by atomic mass is 32.2. The predicted octanol–water partition coefficient (Wildman–Crippen LogP) is 3.88. The molecule has 0 spiro atoms. The standard InChI is InChI=1S/C16H21FN4OS/c17-13-7-9-15(10-8-13)22-11-4-12-23-16-18-19-20-21(16)14-5-2-1-3-6-14/h7-10,14H,1-6,11-12H2. The minimum absolute atomic E-state index is 0.248. The summed E-state index contributed by atoms with van der Waals surface area (Å²) in [5, 5.41) is 13.0. The lowest BCUT2D eigenvalue weighted by Gasteiger charge is -2.21. The molecule has 1 aromatic heterocycles. The summed E-state index contributed by atoms with van der Waals surface area (Å²) in [5.74, 6) is 1.35. The molecular formula is C16H21FN4OS. The van der Waals surface area contributed by atoms with Crippen molar-refractivity contribution < 1.29 is 9.13 Å². The Kier molecular flexibility index (Phi) is 5.85. The van der Waals surface area contributed by atoms with Crippen LogP contribution in [0.25, 0.3) is 0 Å². The molecule has 0 atom stereocenters. The minimum Gasteiger partial charge on any atom is -0.494 e. The number of halogens is 1. The summed E-state index contributed by atoms with van der Waals surface area (Å²) in [6, 6.07) is 6.56. The smallest absolute Gasteiger partial charge is 0.209 e. The van der Waals surface area contributed by atoms with Crippen molar-refractivity contribution >= 4 is 11.8 Å². The number of rotatable bonds is 7. The molecule has 0 bridgehead atoms. The number of ether oxygens (including phenoxy) is 1. The minimum atomic E-state index is -0.248. The highest BCUT2D eigenvalue weighted by molar-refractivity contribution is 7.99. The summed E-state index contributed by atoms with van der Waals surface area (Å²) in [4.78, 5) is 0. The molecule has 2 aromatic rings. The average molecular weight is 336 g/mol. The first-order valence-corrected chi connectivity index (χ1v) is 9.10. The second-order valence-electron chi connectivity index (χ2n) is 5.70. The van der Waals surface area contributed by atoms with Crippen LogP contribution in [0.15, 0.2) is 29.4 Å². The Morgan fingerprint density at radius 2 is 1.96 bits per heavy atom. The van der Waals surface area contributed by atoms with Gasteiger partial charge in [0, 0.05) is 5.75 Å². The maximum absolute atomic E-state index is 12.8. The van der Waals surface area contributed by atoms with E-state index in [1.54, 1.807) is 23.9 Å². The van der Waals surface area contributed by atoms with Crippen LogP contribution in [-0.2, 0) is 0 Å². The summed E-state index contributed by atoms with van der Waals surface area (Å²) in [5.41, 5.74) is 0. The average Bonchev–Trinajstić information content (AvgIpc) is 3.05. The lowest BCUT2D eigenvalue weighted by atomic mass is 9.96. The third kappa shape index (κ3) is 4.67. The van der Waals surface area contributed by atoms with Crippen LogP contribution in [0.5, 0.6) is 5.75 Å². The van der Waals surface area contributed by atoms with Gasteiger partial charge in [-0.3, -0.25) is 0 Å². The summed E-state index contributed by atoms with van der Waals surface area (Å²) >= 11 is 1.67. The molecule has 0 amide bonds. The van der Waals surface area contributed by atoms with Gasteiger partial charge in [0.2, 0.25) is 5.16 Å². The Morgan fingerprint density at radius 3 is 2.74 bits per heavy atom. The van der Waals surface area contributed by atoms with Gasteiger partial charge < -0.3 is 4.74 Å². The second kappa shape index (κ2) is 8.29. The monoisotopic (exact) mass is 336 g/mol. The molecule has 0 unspecified atom stereocenters. The Morgan fingerprint density at radius 1 is 1.17 bits per heavy atom. The molecule has 1 aliphatic carbocycles. The molecule has 1 fully saturated rings. The van der Waals surface area contributed by atoms with E-state index in [0.717, 1.165) is 17.3 Å². The van der Waals surface area contributed by atoms with Crippen LogP contribution in [0.2, 0.25) is 0 Å². The van der Waals surface area contributed by atoms with E-state index < -0.39 is 0 Å². The van der Waals surface area contributed by atoms with Gasteiger partial charge in [-0.05, 0) is 54.0 Å². The van der Waals surface area contributed by atoms with Gasteiger partial charge in [0.25, 0.3) is 0 Å². The van der Waals surface area contributed by atoms with E-state index in [1.165, 1.54) is 44.2 Å². The fourth-order valence-electron chi connectivity index (χ4n) is 2.78. The van der Waals surface area contributed by atoms with E-state index in [1.807, 2.05) is 4.68 Å². The van der Waals surface area contributed by atoms with Gasteiger partial charge in [-0.25, -0.2) is 9.07 Å². The summed E-state index contributed by atoms with van der Waals surface area (Å²) in [6.07, 6.45) is 7.08. The van der Waals surface area contributed by atoms with Gasteiger partial charge in [-0.15, -0.1) is 5.10 Å². The number of tetrazole rings is 1. The molecule has 1 aromatic carbocycles. The molecule has 0 radical (unpaired) electrons. The highest BCUT2D eigenvalue weighted by Crippen LogP contribution is 2.30. The zero-order chi connectivity index (χ0) is 15.9. The molecule has 0 saturated heterocycles. The van der Waals surface area contributed by atoms with E-state index in [9.17, 15) is 4.39 Å². The zero-order valence-electron chi connectivity index (χ0n) is 13.0. The molecule has 124 valence electrons. The van der Waals surface area contributed by atoms with E-state index >= 15 is 0 Å². The maximum atomic E-state index is 12.8. The van der Waals surface area contributed by atoms with Gasteiger partial charge >= 0.3 is 0 Å². The van der Waals surface area contributed by atoms with Crippen LogP contribution in [0.1, 0.15) is 44.6 Å². The number of thioether (sulfide) groups is 1. The lowest BCUT2D eigenvalue weighted by molar-refractivity contribution is 0.307. The predicted molar refractivity (Wildman–Crippen MR) is 87.2 cm³/mol. The molecular weight excluding hydrogens is 315 g/mol. The Bertz CT molecular complexity index is 598. The van der Waals surface area contributed by atoms with E-state index in [-0.39, 0.29) is 5.82 Å². The highest BCUT2D eigenvalue weighted by Gasteiger charge is 2.19. The third-order valence-corrected chi connectivity index (χ3v) is 5.01. The molecule has 7 heteroatoms. The van der Waals surface area contributed by atoms with Crippen molar-refractivity contribution in [1.29, 1.82) is 0 Å². The molecule has 0 aliphatic heterocycles. The van der Waals surface area contributed by atoms with Gasteiger partial charge in [-0.2, -0.15) is 0 Å². The van der Waals surface area contributed by atoms with Gasteiger partial charge in [0.05, 0.1) is 12.6 Å². The SMILES string of the molecule is Fc1ccc(OCCCSc2nnnn2C2CCCCC2)cc1. The molecule has 23 heavy (non-hydrogen) atoms. The van der Waals surface area contributed by atoms with Gasteiger partial charge in [-0.1, -0.05) is 31.0 Å². The number of hydrogen-bond acceptors (Lipinski definition) is 5. The first-order chi connectivity index (χ1) is 11.3. The van der Waals surface area contributed by atoms with Crippen molar-refractivity contribution in [2.24, 2.45) is 0 Å². The molecule has 1 aliphatic rings. The van der Waals surface area contributed by atoms with Crippen LogP contribution in [-0.4, -0.2) is 32.6 Å². The van der Waals surface area contributed by atoms with E-state index in [0.29, 0.717) is 18.4 Å². The summed E-state index contributed by atoms with van der Waals surface area (Å²) in [6.45, 7) is 0.601. The van der Waals surface area contributed by atoms with Crippen molar-refractivity contribution in [3.63, 3.8) is 0 Å². The normalized spacial score (nSPS) is 15.7. The van der Waals surface area contributed by atoms with Gasteiger partial charge in [0.15, 0.2) is 0 Å². The number of hydrogen-bond donors (Lipinski definition) is 0. The number of benzene rings is 1. The Labute approximate surface area is 139 Å². The van der Waals surface area contributed by atoms with E-state index in [4.69, 9.17) is 4.74 Å². The van der Waals surface area contributed by atoms with Crippen molar-refractivity contribution in [2.45, 2.75) is 49.7 Å². The van der Waals surface area contributed by atoms with Crippen LogP contribution in [0.3, 0.4) is 0 Å². The lowest BCUT2D eigenvalue weighted by Crippen LogP contribution is -2.15. The fourth-order valence-corrected chi connectivity index (χ4v) is 3.64. The van der Waals surface area contributed by atoms with Gasteiger partial charge in [0.1, 0.15) is 11.6 Å². The number of aromatic nitrogens is 4. The molecule has 3 rings (SSSR count). The zero-order valence-corrected chi connectivity index (χ0v) is 13.8. The van der Waals surface area contributed by atoms with Crippen LogP contribution < -0.4 is 4.74 Å². The van der Waals surface area contributed by atoms with E-state index in [2.05, 4.69) is 15.5 Å². The molecule has 1 heterocycles. The first kappa shape index (κ1) is 16.2. The quantitative estimate of drug-likeness (QED) is 0.567. The largest absolute Gasteiger partial charge is 0.494 e. The van der Waals surface area contributed by atoms with Crippen LogP contribution in [0.4, 0.5) is 4.39 Å². The second-order valence-corrected chi connectivity index (χ2v) is 6.76. The molecule has 0 N–H and O–H groups in total. The third-order valence-electron chi connectivity index (χ3n) is 3.99. The topological polar surface area (TPSA) is 52.8 Å². The van der Waals surface area contributed by atoms with Crippen molar-refractivity contribution in [3.8, 4) is 5.75 Å².